The first-order chi connectivity index (χ1) is 6.18. The summed E-state index contributed by atoms with van der Waals surface area (Å²) in [6.45, 7) is 0. The van der Waals surface area contributed by atoms with Gasteiger partial charge in [-0.25, -0.2) is 0 Å². The smallest absolute Gasteiger partial charge is 0.427 e. The molecular weight excluding hydrogens is 186 g/mol. The van der Waals surface area contributed by atoms with Crippen molar-refractivity contribution in [2.75, 3.05) is 0 Å². The molecule has 0 heterocycles. The third-order valence-electron chi connectivity index (χ3n) is 1.82. The molecule has 1 aromatic rings. The monoisotopic (exact) mass is 198 g/mol. The Kier molecular flexibility index (Phi) is 4.29. The van der Waals surface area contributed by atoms with E-state index in [4.69, 9.17) is 21.6 Å². The second-order valence-electron chi connectivity index (χ2n) is 3.00. The van der Waals surface area contributed by atoms with Crippen molar-refractivity contribution in [2.24, 2.45) is 0 Å². The fourth-order valence-corrected chi connectivity index (χ4v) is 1.39. The van der Waals surface area contributed by atoms with E-state index in [9.17, 15) is 0 Å². The molecule has 0 atom stereocenters. The van der Waals surface area contributed by atoms with Gasteiger partial charge in [-0.15, -0.1) is 0 Å². The maximum atomic E-state index is 8.61. The molecule has 1 rings (SSSR count). The lowest BCUT2D eigenvalue weighted by molar-refractivity contribution is 0.403. The fourth-order valence-electron chi connectivity index (χ4n) is 1.18. The van der Waals surface area contributed by atoms with Crippen LogP contribution in [0.4, 0.5) is 0 Å². The van der Waals surface area contributed by atoms with E-state index in [-0.39, 0.29) is 0 Å². The highest BCUT2D eigenvalue weighted by Crippen LogP contribution is 2.12. The Hall–Kier alpha value is -0.505. The first kappa shape index (κ1) is 10.6. The topological polar surface area (TPSA) is 40.5 Å². The van der Waals surface area contributed by atoms with E-state index in [0.717, 1.165) is 23.4 Å². The summed E-state index contributed by atoms with van der Waals surface area (Å²) >= 11 is 5.79. The molecule has 0 aliphatic rings. The minimum Gasteiger partial charge on any atom is -0.427 e. The number of aryl methyl sites for hydroxylation is 1. The predicted molar refractivity (Wildman–Crippen MR) is 54.8 cm³/mol. The summed E-state index contributed by atoms with van der Waals surface area (Å²) < 4.78 is 0. The summed E-state index contributed by atoms with van der Waals surface area (Å²) in [5.41, 5.74) is 1.13. The van der Waals surface area contributed by atoms with Gasteiger partial charge >= 0.3 is 7.12 Å². The summed E-state index contributed by atoms with van der Waals surface area (Å²) in [5.74, 6) is 0. The van der Waals surface area contributed by atoms with Gasteiger partial charge in [0, 0.05) is 5.02 Å². The van der Waals surface area contributed by atoms with E-state index in [1.807, 2.05) is 24.3 Å². The van der Waals surface area contributed by atoms with Crippen LogP contribution in [-0.4, -0.2) is 17.2 Å². The van der Waals surface area contributed by atoms with Crippen molar-refractivity contribution in [1.82, 2.24) is 0 Å². The van der Waals surface area contributed by atoms with Crippen LogP contribution < -0.4 is 0 Å². The zero-order chi connectivity index (χ0) is 9.68. The summed E-state index contributed by atoms with van der Waals surface area (Å²) in [5, 5.41) is 18.0. The van der Waals surface area contributed by atoms with Crippen LogP contribution >= 0.6 is 11.6 Å². The molecule has 0 aromatic heterocycles. The third-order valence-corrected chi connectivity index (χ3v) is 2.05. The SMILES string of the molecule is OB(O)CCCc1cccc(Cl)c1. The predicted octanol–water partition coefficient (Wildman–Crippen LogP) is 1.75. The lowest BCUT2D eigenvalue weighted by Crippen LogP contribution is -2.09. The van der Waals surface area contributed by atoms with Crippen molar-refractivity contribution < 1.29 is 10.0 Å². The van der Waals surface area contributed by atoms with Crippen LogP contribution in [0.1, 0.15) is 12.0 Å². The quantitative estimate of drug-likeness (QED) is 0.724. The average molecular weight is 198 g/mol. The van der Waals surface area contributed by atoms with E-state index in [2.05, 4.69) is 0 Å². The first-order valence-electron chi connectivity index (χ1n) is 4.29. The Morgan fingerprint density at radius 1 is 1.31 bits per heavy atom. The maximum absolute atomic E-state index is 8.61. The zero-order valence-electron chi connectivity index (χ0n) is 7.28. The van der Waals surface area contributed by atoms with Crippen molar-refractivity contribution in [2.45, 2.75) is 19.2 Å². The number of hydrogen-bond acceptors (Lipinski definition) is 2. The molecule has 0 radical (unpaired) electrons. The van der Waals surface area contributed by atoms with E-state index in [0.29, 0.717) is 6.32 Å². The van der Waals surface area contributed by atoms with Gasteiger partial charge in [-0.1, -0.05) is 30.2 Å². The normalized spacial score (nSPS) is 10.1. The van der Waals surface area contributed by atoms with Gasteiger partial charge in [-0.05, 0) is 30.4 Å². The van der Waals surface area contributed by atoms with Crippen LogP contribution in [0.5, 0.6) is 0 Å². The number of rotatable bonds is 4. The average Bonchev–Trinajstić information content (AvgIpc) is 2.03. The maximum Gasteiger partial charge on any atom is 0.451 e. The Morgan fingerprint density at radius 2 is 2.08 bits per heavy atom. The molecule has 70 valence electrons. The third kappa shape index (κ3) is 4.32. The molecular formula is C9H12BClO2. The molecule has 0 amide bonds. The van der Waals surface area contributed by atoms with Crippen LogP contribution in [0.2, 0.25) is 11.3 Å². The zero-order valence-corrected chi connectivity index (χ0v) is 8.04. The minimum atomic E-state index is -1.20. The van der Waals surface area contributed by atoms with Gasteiger partial charge in [0.15, 0.2) is 0 Å². The summed E-state index contributed by atoms with van der Waals surface area (Å²) in [6.07, 6.45) is 2.00. The molecule has 0 saturated carbocycles. The molecule has 0 aliphatic heterocycles. The minimum absolute atomic E-state index is 0.409. The molecule has 0 fully saturated rings. The molecule has 4 heteroatoms. The molecule has 1 aromatic carbocycles. The summed E-state index contributed by atoms with van der Waals surface area (Å²) in [4.78, 5) is 0. The molecule has 0 unspecified atom stereocenters. The van der Waals surface area contributed by atoms with Crippen molar-refractivity contribution in [3.05, 3.63) is 34.9 Å². The van der Waals surface area contributed by atoms with Gasteiger partial charge in [0.25, 0.3) is 0 Å². The van der Waals surface area contributed by atoms with E-state index in [1.165, 1.54) is 0 Å². The Bertz CT molecular complexity index is 266. The number of halogens is 1. The highest BCUT2D eigenvalue weighted by atomic mass is 35.5. The van der Waals surface area contributed by atoms with Gasteiger partial charge in [-0.3, -0.25) is 0 Å². The van der Waals surface area contributed by atoms with E-state index < -0.39 is 7.12 Å². The molecule has 13 heavy (non-hydrogen) atoms. The Labute approximate surface area is 83.3 Å². The number of benzene rings is 1. The first-order valence-corrected chi connectivity index (χ1v) is 4.67. The van der Waals surface area contributed by atoms with Crippen molar-refractivity contribution in [1.29, 1.82) is 0 Å². The van der Waals surface area contributed by atoms with Crippen LogP contribution in [0.15, 0.2) is 24.3 Å². The van der Waals surface area contributed by atoms with Crippen molar-refractivity contribution in [3.8, 4) is 0 Å². The molecule has 2 nitrogen and oxygen atoms in total. The van der Waals surface area contributed by atoms with E-state index in [1.54, 1.807) is 0 Å². The summed E-state index contributed by atoms with van der Waals surface area (Å²) in [6, 6.07) is 7.60. The van der Waals surface area contributed by atoms with Gasteiger partial charge in [-0.2, -0.15) is 0 Å². The van der Waals surface area contributed by atoms with Crippen molar-refractivity contribution >= 4 is 18.7 Å². The molecule has 2 N–H and O–H groups in total. The van der Waals surface area contributed by atoms with E-state index >= 15 is 0 Å². The van der Waals surface area contributed by atoms with Crippen LogP contribution in [0.25, 0.3) is 0 Å². The standard InChI is InChI=1S/C9H12BClO2/c11-9-5-1-3-8(7-9)4-2-6-10(12)13/h1,3,5,7,12-13H,2,4,6H2. The second-order valence-corrected chi connectivity index (χ2v) is 3.44. The van der Waals surface area contributed by atoms with Crippen LogP contribution in [-0.2, 0) is 6.42 Å². The summed E-state index contributed by atoms with van der Waals surface area (Å²) in [7, 11) is -1.20. The van der Waals surface area contributed by atoms with Gasteiger partial charge in [0.2, 0.25) is 0 Å². The largest absolute Gasteiger partial charge is 0.451 e. The fraction of sp³-hybridized carbons (Fsp3) is 0.333. The van der Waals surface area contributed by atoms with Crippen LogP contribution in [0, 0.1) is 0 Å². The van der Waals surface area contributed by atoms with Crippen molar-refractivity contribution in [3.63, 3.8) is 0 Å². The lowest BCUT2D eigenvalue weighted by Gasteiger charge is -2.01. The number of hydrogen-bond donors (Lipinski definition) is 2. The highest BCUT2D eigenvalue weighted by molar-refractivity contribution is 6.40. The van der Waals surface area contributed by atoms with Gasteiger partial charge in [0.05, 0.1) is 0 Å². The van der Waals surface area contributed by atoms with Crippen LogP contribution in [0.3, 0.4) is 0 Å². The van der Waals surface area contributed by atoms with Gasteiger partial charge < -0.3 is 10.0 Å². The Balaban J connectivity index is 2.37. The second kappa shape index (κ2) is 5.27. The molecule has 0 saturated heterocycles. The van der Waals surface area contributed by atoms with Gasteiger partial charge in [0.1, 0.15) is 0 Å². The molecule has 0 aliphatic carbocycles. The molecule has 0 bridgehead atoms. The lowest BCUT2D eigenvalue weighted by atomic mass is 9.83. The Morgan fingerprint density at radius 3 is 2.69 bits per heavy atom. The highest BCUT2D eigenvalue weighted by Gasteiger charge is 2.05. The molecule has 0 spiro atoms.